The van der Waals surface area contributed by atoms with Crippen LogP contribution in [0.25, 0.3) is 0 Å². The second-order valence-electron chi connectivity index (χ2n) is 2.54. The van der Waals surface area contributed by atoms with Crippen LogP contribution in [-0.4, -0.2) is 17.9 Å². The second kappa shape index (κ2) is 5.65. The van der Waals surface area contributed by atoms with Crippen LogP contribution in [-0.2, 0) is 0 Å². The Kier molecular flexibility index (Phi) is 5.80. The number of nitrogens with zero attached hydrogens (tertiary/aromatic N) is 1. The van der Waals surface area contributed by atoms with Crippen molar-refractivity contribution in [1.82, 2.24) is 4.98 Å². The van der Waals surface area contributed by atoms with E-state index < -0.39 is 23.4 Å². The number of carbonyl (C=O) groups excluding carboxylic acids is 1. The molecule has 0 atom stereocenters. The van der Waals surface area contributed by atoms with E-state index in [1.807, 2.05) is 0 Å². The van der Waals surface area contributed by atoms with E-state index in [0.29, 0.717) is 12.3 Å². The van der Waals surface area contributed by atoms with Crippen molar-refractivity contribution >= 4 is 29.9 Å². The van der Waals surface area contributed by atoms with Gasteiger partial charge >= 0.3 is 58.4 Å². The van der Waals surface area contributed by atoms with E-state index in [9.17, 15) is 17.7 Å². The van der Waals surface area contributed by atoms with E-state index in [1.165, 1.54) is 0 Å². The van der Waals surface area contributed by atoms with E-state index in [4.69, 9.17) is 17.3 Å². The number of hydrogen-bond donors (Lipinski definition) is 1. The molecule has 1 aromatic rings. The molecule has 0 aromatic carbocycles. The van der Waals surface area contributed by atoms with Gasteiger partial charge in [0.2, 0.25) is 0 Å². The van der Waals surface area contributed by atoms with Crippen LogP contribution in [0, 0.1) is 0 Å². The summed E-state index contributed by atoms with van der Waals surface area (Å²) in [7, 11) is 0. The Morgan fingerprint density at radius 1 is 1.47 bits per heavy atom. The van der Waals surface area contributed by atoms with Crippen molar-refractivity contribution < 1.29 is 69.1 Å². The van der Waals surface area contributed by atoms with Crippen LogP contribution in [0.3, 0.4) is 0 Å². The number of nitrogens with two attached hydrogens (primary N) is 1. The van der Waals surface area contributed by atoms with Gasteiger partial charge in [-0.25, -0.2) is 0 Å². The Labute approximate surface area is 131 Å². The van der Waals surface area contributed by atoms with E-state index in [2.05, 4.69) is 4.98 Å². The fraction of sp³-hybridized carbons (Fsp3) is 0. The molecule has 0 bridgehead atoms. The molecule has 1 heterocycles. The normalized spacial score (nSPS) is 10.7. The fourth-order valence-corrected chi connectivity index (χ4v) is 1.08. The molecule has 0 aliphatic rings. The monoisotopic (exact) mass is 262 g/mol. The SMILES string of the molecule is NC(=O)c1ncc([B-](F)(F)F)cc1Cl.[K+]. The van der Waals surface area contributed by atoms with Crippen molar-refractivity contribution in [3.63, 3.8) is 0 Å². The van der Waals surface area contributed by atoms with Gasteiger partial charge in [-0.2, -0.15) is 0 Å². The van der Waals surface area contributed by atoms with Gasteiger partial charge < -0.3 is 18.7 Å². The molecule has 0 fully saturated rings. The molecule has 0 aliphatic heterocycles. The molecule has 0 radical (unpaired) electrons. The molecule has 0 aliphatic carbocycles. The van der Waals surface area contributed by atoms with Gasteiger partial charge in [0.1, 0.15) is 5.69 Å². The van der Waals surface area contributed by atoms with Crippen LogP contribution in [0.15, 0.2) is 12.3 Å². The molecule has 3 nitrogen and oxygen atoms in total. The number of halogens is 4. The molecule has 76 valence electrons. The van der Waals surface area contributed by atoms with Gasteiger partial charge in [-0.1, -0.05) is 23.1 Å². The summed E-state index contributed by atoms with van der Waals surface area (Å²) in [5, 5.41) is -0.394. The van der Waals surface area contributed by atoms with E-state index >= 15 is 0 Å². The van der Waals surface area contributed by atoms with Gasteiger partial charge in [0, 0.05) is 6.20 Å². The molecule has 2 N–H and O–H groups in total. The average molecular weight is 262 g/mol. The third kappa shape index (κ3) is 4.04. The number of rotatable bonds is 2. The molecular weight excluding hydrogens is 258 g/mol. The van der Waals surface area contributed by atoms with Crippen LogP contribution in [0.5, 0.6) is 0 Å². The maximum atomic E-state index is 12.1. The van der Waals surface area contributed by atoms with Crippen LogP contribution in [0.4, 0.5) is 12.9 Å². The minimum Gasteiger partial charge on any atom is -0.445 e. The number of primary amides is 1. The van der Waals surface area contributed by atoms with Gasteiger partial charge in [-0.3, -0.25) is 9.78 Å². The summed E-state index contributed by atoms with van der Waals surface area (Å²) in [6, 6.07) is 0.634. The zero-order valence-electron chi connectivity index (χ0n) is 7.68. The number of hydrogen-bond acceptors (Lipinski definition) is 2. The fourth-order valence-electron chi connectivity index (χ4n) is 0.813. The Morgan fingerprint density at radius 2 is 2.00 bits per heavy atom. The molecule has 9 heteroatoms. The number of pyridine rings is 1. The van der Waals surface area contributed by atoms with Crippen molar-refractivity contribution in [1.29, 1.82) is 0 Å². The third-order valence-electron chi connectivity index (χ3n) is 1.47. The summed E-state index contributed by atoms with van der Waals surface area (Å²) < 4.78 is 36.4. The second-order valence-corrected chi connectivity index (χ2v) is 2.95. The van der Waals surface area contributed by atoms with Crippen molar-refractivity contribution in [2.45, 2.75) is 0 Å². The van der Waals surface area contributed by atoms with Crippen LogP contribution >= 0.6 is 11.6 Å². The third-order valence-corrected chi connectivity index (χ3v) is 1.76. The maximum Gasteiger partial charge on any atom is 1.00 e. The van der Waals surface area contributed by atoms with Crippen molar-refractivity contribution in [3.8, 4) is 0 Å². The Balaban J connectivity index is 0.00000196. The summed E-state index contributed by atoms with van der Waals surface area (Å²) in [4.78, 5) is 13.8. The smallest absolute Gasteiger partial charge is 0.445 e. The van der Waals surface area contributed by atoms with E-state index in [-0.39, 0.29) is 57.1 Å². The van der Waals surface area contributed by atoms with Crippen LogP contribution in [0.1, 0.15) is 10.5 Å². The first kappa shape index (κ1) is 15.4. The average Bonchev–Trinajstić information content (AvgIpc) is 2.01. The Morgan fingerprint density at radius 3 is 2.33 bits per heavy atom. The Bertz CT molecular complexity index is 387. The topological polar surface area (TPSA) is 56.0 Å². The summed E-state index contributed by atoms with van der Waals surface area (Å²) in [5.74, 6) is -0.962. The number of aromatic nitrogens is 1. The molecule has 0 saturated carbocycles. The van der Waals surface area contributed by atoms with Gasteiger partial charge in [0.25, 0.3) is 5.91 Å². The predicted molar refractivity (Wildman–Crippen MR) is 46.5 cm³/mol. The molecular formula is C6H4BClF3KN2O. The first-order valence-electron chi connectivity index (χ1n) is 3.47. The summed E-state index contributed by atoms with van der Waals surface area (Å²) in [6.45, 7) is -5.16. The molecule has 0 spiro atoms. The van der Waals surface area contributed by atoms with Crippen molar-refractivity contribution in [2.24, 2.45) is 5.73 Å². The molecule has 1 rings (SSSR count). The van der Waals surface area contributed by atoms with Gasteiger partial charge in [-0.05, 0) is 0 Å². The number of carbonyl (C=O) groups is 1. The van der Waals surface area contributed by atoms with Gasteiger partial charge in [0.05, 0.1) is 5.02 Å². The van der Waals surface area contributed by atoms with E-state index in [1.54, 1.807) is 0 Å². The molecule has 0 saturated heterocycles. The predicted octanol–water partition coefficient (Wildman–Crippen LogP) is -2.11. The van der Waals surface area contributed by atoms with Crippen LogP contribution in [0.2, 0.25) is 5.02 Å². The Hall–Kier alpha value is 0.401. The minimum absolute atomic E-state index is 0. The van der Waals surface area contributed by atoms with Gasteiger partial charge in [0.15, 0.2) is 0 Å². The first-order valence-corrected chi connectivity index (χ1v) is 3.85. The quantitative estimate of drug-likeness (QED) is 0.621. The van der Waals surface area contributed by atoms with Crippen molar-refractivity contribution in [3.05, 3.63) is 23.0 Å². The maximum absolute atomic E-state index is 12.1. The summed E-state index contributed by atoms with van der Waals surface area (Å²) in [5.41, 5.74) is 3.49. The van der Waals surface area contributed by atoms with Crippen LogP contribution < -0.4 is 62.6 Å². The standard InChI is InChI=1S/C6H4BClF3N2O.K/c8-4-1-3(7(9,10)11)2-13-5(4)6(12)14;/h1-2H,(H2,12,14);/q-1;+1. The molecule has 1 amide bonds. The zero-order valence-corrected chi connectivity index (χ0v) is 11.6. The number of amides is 1. The van der Waals surface area contributed by atoms with Gasteiger partial charge in [-0.15, -0.1) is 0 Å². The minimum atomic E-state index is -5.16. The van der Waals surface area contributed by atoms with Crippen molar-refractivity contribution in [2.75, 3.05) is 0 Å². The summed E-state index contributed by atoms with van der Waals surface area (Å²) >= 11 is 5.38. The largest absolute Gasteiger partial charge is 1.00 e. The molecule has 1 aromatic heterocycles. The molecule has 0 unspecified atom stereocenters. The molecule has 15 heavy (non-hydrogen) atoms. The zero-order chi connectivity index (χ0) is 10.9. The first-order chi connectivity index (χ1) is 6.32. The van der Waals surface area contributed by atoms with E-state index in [0.717, 1.165) is 0 Å². The summed E-state index contributed by atoms with van der Waals surface area (Å²) in [6.07, 6.45) is 0.534.